The van der Waals surface area contributed by atoms with E-state index in [0.29, 0.717) is 35.2 Å². The third-order valence-electron chi connectivity index (χ3n) is 7.91. The normalized spacial score (nSPS) is 18.9. The van der Waals surface area contributed by atoms with E-state index in [0.717, 1.165) is 61.4 Å². The molecular formula is C31H37F3N2O4S. The lowest BCUT2D eigenvalue weighted by atomic mass is 9.79. The van der Waals surface area contributed by atoms with Crippen LogP contribution >= 0.6 is 11.8 Å². The molecule has 3 atom stereocenters. The van der Waals surface area contributed by atoms with Crippen molar-refractivity contribution in [2.75, 3.05) is 32.5 Å². The van der Waals surface area contributed by atoms with Crippen LogP contribution in [0.2, 0.25) is 0 Å². The van der Waals surface area contributed by atoms with Crippen LogP contribution in [-0.2, 0) is 11.0 Å². The van der Waals surface area contributed by atoms with Gasteiger partial charge in [-0.25, -0.2) is 0 Å². The number of ether oxygens (including phenoxy) is 1. The van der Waals surface area contributed by atoms with Crippen LogP contribution in [0.3, 0.4) is 0 Å². The monoisotopic (exact) mass is 590 g/mol. The van der Waals surface area contributed by atoms with Gasteiger partial charge < -0.3 is 19.8 Å². The summed E-state index contributed by atoms with van der Waals surface area (Å²) in [6, 6.07) is 12.9. The number of carbonyl (C=O) groups is 1. The van der Waals surface area contributed by atoms with Crippen LogP contribution in [0.25, 0.3) is 10.9 Å². The number of carboxylic acids is 1. The fraction of sp³-hybridized carbons (Fsp3) is 0.484. The van der Waals surface area contributed by atoms with Crippen LogP contribution < -0.4 is 4.74 Å². The van der Waals surface area contributed by atoms with Gasteiger partial charge in [-0.05, 0) is 111 Å². The number of aliphatic hydroxyl groups is 1. The fourth-order valence-electron chi connectivity index (χ4n) is 5.71. The van der Waals surface area contributed by atoms with Gasteiger partial charge in [0.1, 0.15) is 5.75 Å². The molecule has 1 aliphatic rings. The average Bonchev–Trinajstić information content (AvgIpc) is 2.96. The Bertz CT molecular complexity index is 1310. The summed E-state index contributed by atoms with van der Waals surface area (Å²) < 4.78 is 44.3. The predicted molar refractivity (Wildman–Crippen MR) is 154 cm³/mol. The van der Waals surface area contributed by atoms with Gasteiger partial charge in [-0.3, -0.25) is 9.78 Å². The third-order valence-corrected chi connectivity index (χ3v) is 8.99. The van der Waals surface area contributed by atoms with Crippen molar-refractivity contribution in [3.05, 3.63) is 65.9 Å². The Morgan fingerprint density at radius 1 is 1.17 bits per heavy atom. The quantitative estimate of drug-likeness (QED) is 0.163. The highest BCUT2D eigenvalue weighted by Gasteiger charge is 2.31. The predicted octanol–water partition coefficient (Wildman–Crippen LogP) is 7.06. The van der Waals surface area contributed by atoms with E-state index in [1.54, 1.807) is 19.4 Å². The van der Waals surface area contributed by atoms with Crippen molar-refractivity contribution in [3.63, 3.8) is 0 Å². The number of aliphatic hydroxyl groups excluding tert-OH is 1. The van der Waals surface area contributed by atoms with E-state index in [9.17, 15) is 28.2 Å². The molecule has 222 valence electrons. The van der Waals surface area contributed by atoms with Gasteiger partial charge in [-0.15, -0.1) is 11.8 Å². The van der Waals surface area contributed by atoms with Crippen LogP contribution in [-0.4, -0.2) is 58.6 Å². The van der Waals surface area contributed by atoms with Crippen LogP contribution in [0.5, 0.6) is 5.75 Å². The Morgan fingerprint density at radius 3 is 2.76 bits per heavy atom. The molecule has 2 aromatic carbocycles. The highest BCUT2D eigenvalue weighted by atomic mass is 32.2. The summed E-state index contributed by atoms with van der Waals surface area (Å²) in [6.45, 7) is 2.49. The smallest absolute Gasteiger partial charge is 0.416 e. The maximum Gasteiger partial charge on any atom is 0.416 e. The van der Waals surface area contributed by atoms with E-state index in [1.807, 2.05) is 24.3 Å². The number of likely N-dealkylation sites (tertiary alicyclic amines) is 1. The molecule has 1 saturated heterocycles. The second-order valence-electron chi connectivity index (χ2n) is 10.6. The number of nitrogens with zero attached hydrogens (tertiary/aromatic N) is 2. The highest BCUT2D eigenvalue weighted by molar-refractivity contribution is 7.99. The van der Waals surface area contributed by atoms with Crippen LogP contribution in [0, 0.1) is 11.8 Å². The molecule has 0 saturated carbocycles. The van der Waals surface area contributed by atoms with Crippen molar-refractivity contribution in [2.24, 2.45) is 11.8 Å². The van der Waals surface area contributed by atoms with E-state index in [4.69, 9.17) is 4.74 Å². The minimum absolute atomic E-state index is 0.109. The Labute approximate surface area is 242 Å². The van der Waals surface area contributed by atoms with Gasteiger partial charge in [0, 0.05) is 29.4 Å². The molecule has 1 aromatic heterocycles. The summed E-state index contributed by atoms with van der Waals surface area (Å²) in [7, 11) is 1.60. The SMILES string of the molecule is COc1ccc2nccc(C(O)CC[C@@H]3CCN(CCCSc4cccc(C(F)(F)F)c4)C[C@@H]3CCC(=O)O)c2c1. The van der Waals surface area contributed by atoms with Gasteiger partial charge in [-0.1, -0.05) is 6.07 Å². The second kappa shape index (κ2) is 14.4. The number of methoxy groups -OCH3 is 1. The van der Waals surface area contributed by atoms with Gasteiger partial charge in [0.05, 0.1) is 24.3 Å². The molecule has 1 fully saturated rings. The number of hydrogen-bond acceptors (Lipinski definition) is 6. The molecule has 0 radical (unpaired) electrons. The number of fused-ring (bicyclic) bond motifs is 1. The van der Waals surface area contributed by atoms with Crippen molar-refractivity contribution in [1.82, 2.24) is 9.88 Å². The van der Waals surface area contributed by atoms with Gasteiger partial charge in [0.25, 0.3) is 0 Å². The van der Waals surface area contributed by atoms with E-state index in [-0.39, 0.29) is 12.3 Å². The number of carboxylic acid groups (broad SMARTS) is 1. The topological polar surface area (TPSA) is 82.9 Å². The van der Waals surface area contributed by atoms with Gasteiger partial charge >= 0.3 is 12.1 Å². The summed E-state index contributed by atoms with van der Waals surface area (Å²) in [6.07, 6.45) is 0.486. The van der Waals surface area contributed by atoms with E-state index < -0.39 is 23.8 Å². The number of rotatable bonds is 13. The first-order valence-electron chi connectivity index (χ1n) is 14.0. The minimum atomic E-state index is -4.35. The summed E-state index contributed by atoms with van der Waals surface area (Å²) in [5.41, 5.74) is 0.973. The standard InChI is InChI=1S/C31H37F3N2O4S/c1-40-24-8-9-28-27(19-24)26(12-14-35-28)29(37)10-6-21-13-16-36(20-22(21)7-11-30(38)39)15-3-17-41-25-5-2-4-23(18-25)31(32,33)34/h2,4-5,8-9,12,14,18-19,21-22,29,37H,3,6-7,10-11,13,15-17,20H2,1H3,(H,38,39)/t21-,22+,29?/m1/s1. The van der Waals surface area contributed by atoms with E-state index in [2.05, 4.69) is 9.88 Å². The van der Waals surface area contributed by atoms with Gasteiger partial charge in [0.15, 0.2) is 0 Å². The number of benzene rings is 2. The van der Waals surface area contributed by atoms with Crippen LogP contribution in [0.4, 0.5) is 13.2 Å². The van der Waals surface area contributed by atoms with Gasteiger partial charge in [0.2, 0.25) is 0 Å². The van der Waals surface area contributed by atoms with E-state index in [1.165, 1.54) is 23.9 Å². The summed E-state index contributed by atoms with van der Waals surface area (Å²) >= 11 is 1.42. The lowest BCUT2D eigenvalue weighted by molar-refractivity contribution is -0.138. The zero-order valence-corrected chi connectivity index (χ0v) is 24.0. The molecule has 3 aromatic rings. The maximum absolute atomic E-state index is 13.0. The summed E-state index contributed by atoms with van der Waals surface area (Å²) in [5, 5.41) is 21.3. The second-order valence-corrected chi connectivity index (χ2v) is 11.8. The Hall–Kier alpha value is -2.82. The lowest BCUT2D eigenvalue weighted by Gasteiger charge is -2.39. The number of thioether (sulfide) groups is 1. The third kappa shape index (κ3) is 8.83. The molecule has 1 aliphatic heterocycles. The Morgan fingerprint density at radius 2 is 2.00 bits per heavy atom. The molecule has 6 nitrogen and oxygen atoms in total. The fourth-order valence-corrected chi connectivity index (χ4v) is 6.60. The van der Waals surface area contributed by atoms with Crippen molar-refractivity contribution in [2.45, 2.75) is 55.7 Å². The van der Waals surface area contributed by atoms with Crippen LogP contribution in [0.1, 0.15) is 55.8 Å². The Balaban J connectivity index is 1.31. The lowest BCUT2D eigenvalue weighted by Crippen LogP contribution is -2.41. The maximum atomic E-state index is 13.0. The average molecular weight is 591 g/mol. The molecule has 10 heteroatoms. The van der Waals surface area contributed by atoms with Gasteiger partial charge in [-0.2, -0.15) is 13.2 Å². The molecule has 0 aliphatic carbocycles. The molecule has 0 amide bonds. The first-order valence-corrected chi connectivity index (χ1v) is 15.0. The molecular weight excluding hydrogens is 553 g/mol. The minimum Gasteiger partial charge on any atom is -0.497 e. The summed E-state index contributed by atoms with van der Waals surface area (Å²) in [4.78, 5) is 18.7. The van der Waals surface area contributed by atoms with E-state index >= 15 is 0 Å². The first kappa shape index (κ1) is 31.1. The molecule has 0 spiro atoms. The number of alkyl halides is 3. The number of pyridine rings is 1. The number of piperidine rings is 1. The number of aromatic nitrogens is 1. The molecule has 0 bridgehead atoms. The zero-order chi connectivity index (χ0) is 29.4. The number of aliphatic carboxylic acids is 1. The highest BCUT2D eigenvalue weighted by Crippen LogP contribution is 2.36. The molecule has 2 N–H and O–H groups in total. The Kier molecular flexibility index (Phi) is 10.9. The number of halogens is 3. The number of hydrogen-bond donors (Lipinski definition) is 2. The largest absolute Gasteiger partial charge is 0.497 e. The van der Waals surface area contributed by atoms with Crippen molar-refractivity contribution in [1.29, 1.82) is 0 Å². The molecule has 41 heavy (non-hydrogen) atoms. The van der Waals surface area contributed by atoms with Crippen molar-refractivity contribution in [3.8, 4) is 5.75 Å². The zero-order valence-electron chi connectivity index (χ0n) is 23.1. The van der Waals surface area contributed by atoms with Crippen molar-refractivity contribution < 1.29 is 32.9 Å². The van der Waals surface area contributed by atoms with Crippen LogP contribution in [0.15, 0.2) is 59.6 Å². The molecule has 1 unspecified atom stereocenters. The molecule has 2 heterocycles. The first-order chi connectivity index (χ1) is 19.6. The molecule has 4 rings (SSSR count). The van der Waals surface area contributed by atoms with Crippen molar-refractivity contribution >= 4 is 28.6 Å². The summed E-state index contributed by atoms with van der Waals surface area (Å²) in [5.74, 6) is 1.11.